The number of hydrogen-bond donors (Lipinski definition) is 1. The number of fused-ring (bicyclic) bond motifs is 4. The Labute approximate surface area is 284 Å². The third-order valence-electron chi connectivity index (χ3n) is 9.89. The Bertz CT molecular complexity index is 1880. The van der Waals surface area contributed by atoms with E-state index in [9.17, 15) is 28.7 Å². The maximum Gasteiger partial charge on any atom is 0.258 e. The number of imide groups is 2. The van der Waals surface area contributed by atoms with Crippen molar-refractivity contribution in [2.75, 3.05) is 23.0 Å². The molecular formula is C35H28Cl3FN2O6. The number of amides is 4. The first-order valence-corrected chi connectivity index (χ1v) is 16.3. The van der Waals surface area contributed by atoms with Gasteiger partial charge in [-0.15, -0.1) is 23.2 Å². The average Bonchev–Trinajstić information content (AvgIpc) is 3.40. The van der Waals surface area contributed by atoms with Crippen molar-refractivity contribution < 1.29 is 33.4 Å². The van der Waals surface area contributed by atoms with E-state index in [0.717, 1.165) is 27.5 Å². The summed E-state index contributed by atoms with van der Waals surface area (Å²) in [6, 6.07) is 16.6. The zero-order chi connectivity index (χ0) is 33.4. The number of hydrogen-bond acceptors (Lipinski definition) is 6. The SMILES string of the molecule is Cc1ccc(N2C(=O)[C@H]3[C@H](CC=C4[C@H]3C[C@@]3(Cl)C(=O)N(c5ccc(F)cc5)C(=O)[C@@]3(Cl)[C@H]4c3ccccc3OCCO)C2=O)cc1Cl. The Kier molecular flexibility index (Phi) is 7.75. The summed E-state index contributed by atoms with van der Waals surface area (Å²) in [5, 5.41) is 9.92. The highest BCUT2D eigenvalue weighted by Crippen LogP contribution is 2.66. The number of carbonyl (C=O) groups is 4. The molecular weight excluding hydrogens is 670 g/mol. The second kappa shape index (κ2) is 11.4. The zero-order valence-corrected chi connectivity index (χ0v) is 27.2. The summed E-state index contributed by atoms with van der Waals surface area (Å²) in [5.74, 6) is -6.24. The Morgan fingerprint density at radius 1 is 0.915 bits per heavy atom. The van der Waals surface area contributed by atoms with Crippen molar-refractivity contribution in [1.82, 2.24) is 0 Å². The van der Waals surface area contributed by atoms with Crippen LogP contribution in [0.2, 0.25) is 5.02 Å². The molecule has 2 heterocycles. The minimum Gasteiger partial charge on any atom is -0.491 e. The van der Waals surface area contributed by atoms with Crippen LogP contribution in [0.4, 0.5) is 15.8 Å². The van der Waals surface area contributed by atoms with Gasteiger partial charge in [0.15, 0.2) is 9.75 Å². The number of carbonyl (C=O) groups excluding carboxylic acids is 4. The summed E-state index contributed by atoms with van der Waals surface area (Å²) in [6.07, 6.45) is 1.79. The zero-order valence-electron chi connectivity index (χ0n) is 25.0. The normalized spacial score (nSPS) is 29.9. The van der Waals surface area contributed by atoms with E-state index in [0.29, 0.717) is 27.6 Å². The van der Waals surface area contributed by atoms with Crippen molar-refractivity contribution in [3.8, 4) is 5.75 Å². The van der Waals surface area contributed by atoms with Crippen molar-refractivity contribution in [3.05, 3.63) is 100 Å². The summed E-state index contributed by atoms with van der Waals surface area (Å²) in [4.78, 5) is 54.9. The molecule has 2 aliphatic carbocycles. The molecule has 1 N–H and O–H groups in total. The number of benzene rings is 3. The van der Waals surface area contributed by atoms with Crippen LogP contribution in [0.3, 0.4) is 0 Å². The number of aryl methyl sites for hydroxylation is 1. The number of alkyl halides is 2. The predicted molar refractivity (Wildman–Crippen MR) is 174 cm³/mol. The molecule has 12 heteroatoms. The number of allylic oxidation sites excluding steroid dienone is 2. The first-order chi connectivity index (χ1) is 22.4. The average molecular weight is 698 g/mol. The third-order valence-corrected chi connectivity index (χ3v) is 11.7. The number of rotatable bonds is 6. The Hall–Kier alpha value is -3.76. The van der Waals surface area contributed by atoms with E-state index in [4.69, 9.17) is 39.5 Å². The van der Waals surface area contributed by atoms with Crippen LogP contribution in [0, 0.1) is 30.5 Å². The highest BCUT2D eigenvalue weighted by atomic mass is 35.5. The fraction of sp³-hybridized carbons (Fsp3) is 0.314. The minimum absolute atomic E-state index is 0.0617. The van der Waals surface area contributed by atoms with Crippen LogP contribution < -0.4 is 14.5 Å². The molecule has 3 fully saturated rings. The number of aliphatic hydroxyl groups is 1. The van der Waals surface area contributed by atoms with Crippen molar-refractivity contribution in [2.24, 2.45) is 17.8 Å². The quantitative estimate of drug-likeness (QED) is 0.195. The highest BCUT2D eigenvalue weighted by Gasteiger charge is 2.77. The molecule has 242 valence electrons. The van der Waals surface area contributed by atoms with Crippen LogP contribution in [0.15, 0.2) is 78.4 Å². The molecule has 0 spiro atoms. The second-order valence-electron chi connectivity index (χ2n) is 12.3. The number of halogens is 4. The van der Waals surface area contributed by atoms with E-state index in [2.05, 4.69) is 0 Å². The van der Waals surface area contributed by atoms with Gasteiger partial charge in [0.25, 0.3) is 11.8 Å². The maximum absolute atomic E-state index is 14.5. The summed E-state index contributed by atoms with van der Waals surface area (Å²) in [7, 11) is 0. The van der Waals surface area contributed by atoms with Crippen molar-refractivity contribution >= 4 is 69.8 Å². The van der Waals surface area contributed by atoms with Gasteiger partial charge in [-0.2, -0.15) is 0 Å². The van der Waals surface area contributed by atoms with Gasteiger partial charge >= 0.3 is 0 Å². The van der Waals surface area contributed by atoms with Gasteiger partial charge in [-0.1, -0.05) is 47.5 Å². The molecule has 3 aromatic carbocycles. The van der Waals surface area contributed by atoms with Gasteiger partial charge in [-0.3, -0.25) is 19.2 Å². The summed E-state index contributed by atoms with van der Waals surface area (Å²) in [5.41, 5.74) is 2.22. The second-order valence-corrected chi connectivity index (χ2v) is 14.0. The molecule has 4 aliphatic rings. The first kappa shape index (κ1) is 31.8. The first-order valence-electron chi connectivity index (χ1n) is 15.1. The van der Waals surface area contributed by atoms with Crippen LogP contribution in [0.1, 0.15) is 29.9 Å². The van der Waals surface area contributed by atoms with E-state index >= 15 is 0 Å². The molecule has 47 heavy (non-hydrogen) atoms. The van der Waals surface area contributed by atoms with Crippen LogP contribution in [-0.4, -0.2) is 51.7 Å². The molecule has 2 saturated heterocycles. The lowest BCUT2D eigenvalue weighted by atomic mass is 9.56. The van der Waals surface area contributed by atoms with Gasteiger partial charge < -0.3 is 9.84 Å². The van der Waals surface area contributed by atoms with Gasteiger partial charge in [-0.05, 0) is 73.7 Å². The fourth-order valence-corrected chi connectivity index (χ4v) is 8.83. The number of ether oxygens (including phenoxy) is 1. The molecule has 0 bridgehead atoms. The van der Waals surface area contributed by atoms with Crippen molar-refractivity contribution in [2.45, 2.75) is 35.4 Å². The summed E-state index contributed by atoms with van der Waals surface area (Å²) in [6.45, 7) is 1.46. The summed E-state index contributed by atoms with van der Waals surface area (Å²) >= 11 is 21.2. The lowest BCUT2D eigenvalue weighted by Gasteiger charge is -2.50. The molecule has 2 aliphatic heterocycles. The van der Waals surface area contributed by atoms with Gasteiger partial charge in [0.2, 0.25) is 11.8 Å². The number of nitrogens with zero attached hydrogens (tertiary/aromatic N) is 2. The van der Waals surface area contributed by atoms with E-state index in [-0.39, 0.29) is 31.7 Å². The monoisotopic (exact) mass is 696 g/mol. The number of para-hydroxylation sites is 1. The smallest absolute Gasteiger partial charge is 0.258 e. The lowest BCUT2D eigenvalue weighted by molar-refractivity contribution is -0.125. The van der Waals surface area contributed by atoms with Gasteiger partial charge in [0.1, 0.15) is 18.2 Å². The molecule has 8 nitrogen and oxygen atoms in total. The molecule has 7 rings (SSSR count). The van der Waals surface area contributed by atoms with Crippen LogP contribution in [0.5, 0.6) is 5.75 Å². The van der Waals surface area contributed by atoms with Gasteiger partial charge in [0.05, 0.1) is 29.8 Å². The predicted octanol–water partition coefficient (Wildman–Crippen LogP) is 5.93. The standard InChI is InChI=1S/C35H28Cl3FN2O6/c1-18-6-9-21(16-26(18)36)40-30(43)24-13-12-22-25(28(24)31(40)44)17-34(37)32(45)41(20-10-7-19(39)8-11-20)33(46)35(34,38)29(22)23-4-2-3-5-27(23)47-15-14-42/h2-12,16,24-25,28-29,42H,13-15,17H2,1H3/t24-,25+,28-,29+,34+,35-/m0/s1. The fourth-order valence-electron chi connectivity index (χ4n) is 7.73. The molecule has 0 unspecified atom stereocenters. The van der Waals surface area contributed by atoms with Crippen molar-refractivity contribution in [3.63, 3.8) is 0 Å². The Morgan fingerprint density at radius 2 is 1.62 bits per heavy atom. The largest absolute Gasteiger partial charge is 0.491 e. The van der Waals surface area contributed by atoms with E-state index < -0.39 is 62.9 Å². The topological polar surface area (TPSA) is 104 Å². The van der Waals surface area contributed by atoms with Gasteiger partial charge in [-0.25, -0.2) is 14.2 Å². The molecule has 0 radical (unpaired) electrons. The summed E-state index contributed by atoms with van der Waals surface area (Å²) < 4.78 is 19.8. The maximum atomic E-state index is 14.5. The molecule has 4 amide bonds. The van der Waals surface area contributed by atoms with E-state index in [1.54, 1.807) is 42.5 Å². The highest BCUT2D eigenvalue weighted by molar-refractivity contribution is 6.58. The van der Waals surface area contributed by atoms with Crippen LogP contribution >= 0.6 is 34.8 Å². The minimum atomic E-state index is -2.11. The third kappa shape index (κ3) is 4.50. The number of aliphatic hydroxyl groups excluding tert-OH is 1. The number of anilines is 2. The molecule has 1 saturated carbocycles. The Balaban J connectivity index is 1.40. The van der Waals surface area contributed by atoms with E-state index in [1.165, 1.54) is 12.1 Å². The van der Waals surface area contributed by atoms with Crippen LogP contribution in [-0.2, 0) is 19.2 Å². The molecule has 0 aromatic heterocycles. The van der Waals surface area contributed by atoms with Crippen molar-refractivity contribution in [1.29, 1.82) is 0 Å². The Morgan fingerprint density at radius 3 is 2.32 bits per heavy atom. The van der Waals surface area contributed by atoms with Crippen LogP contribution in [0.25, 0.3) is 0 Å². The molecule has 3 aromatic rings. The molecule has 6 atom stereocenters. The lowest BCUT2D eigenvalue weighted by Crippen LogP contribution is -2.60. The van der Waals surface area contributed by atoms with E-state index in [1.807, 2.05) is 13.0 Å². The van der Waals surface area contributed by atoms with Gasteiger partial charge in [0, 0.05) is 16.5 Å².